The maximum Gasteiger partial charge on any atom is -0.0395 e. The first kappa shape index (κ1) is 25.7. The highest BCUT2D eigenvalue weighted by Gasteiger charge is 1.83. The summed E-state index contributed by atoms with van der Waals surface area (Å²) in [6.07, 6.45) is 3.00. The molecule has 1 aromatic carbocycles. The zero-order valence-electron chi connectivity index (χ0n) is 14.3. The summed E-state index contributed by atoms with van der Waals surface area (Å²) in [6, 6.07) is 8.36. The molecule has 108 valence electrons. The van der Waals surface area contributed by atoms with Crippen molar-refractivity contribution in [2.45, 2.75) is 68.7 Å². The van der Waals surface area contributed by atoms with Gasteiger partial charge in [-0.25, -0.2) is 0 Å². The van der Waals surface area contributed by atoms with Crippen LogP contribution >= 0.6 is 0 Å². The van der Waals surface area contributed by atoms with Crippen molar-refractivity contribution in [1.29, 1.82) is 0 Å². The van der Waals surface area contributed by atoms with Crippen molar-refractivity contribution in [1.82, 2.24) is 0 Å². The van der Waals surface area contributed by atoms with Crippen molar-refractivity contribution in [3.8, 4) is 0 Å². The normalized spacial score (nSPS) is 6.50. The third-order valence-corrected chi connectivity index (χ3v) is 1.43. The molecule has 1 rings (SSSR count). The Kier molecular flexibility index (Phi) is 42.5. The lowest BCUT2D eigenvalue weighted by atomic mass is 10.1. The first-order valence-corrected chi connectivity index (χ1v) is 7.23. The van der Waals surface area contributed by atoms with Crippen molar-refractivity contribution < 1.29 is 0 Å². The number of allylic oxidation sites excluding steroid dienone is 1. The molecule has 0 aliphatic rings. The number of benzene rings is 1. The molecule has 18 heavy (non-hydrogen) atoms. The summed E-state index contributed by atoms with van der Waals surface area (Å²) in [7, 11) is 0. The van der Waals surface area contributed by atoms with Gasteiger partial charge in [0.25, 0.3) is 0 Å². The van der Waals surface area contributed by atoms with E-state index in [1.165, 1.54) is 17.5 Å². The molecule has 0 atom stereocenters. The second-order valence-corrected chi connectivity index (χ2v) is 3.20. The zero-order valence-corrected chi connectivity index (χ0v) is 14.3. The summed E-state index contributed by atoms with van der Waals surface area (Å²) < 4.78 is 0. The fourth-order valence-corrected chi connectivity index (χ4v) is 0.663. The number of hydrogen-bond acceptors (Lipinski definition) is 0. The van der Waals surface area contributed by atoms with E-state index in [0.29, 0.717) is 0 Å². The summed E-state index contributed by atoms with van der Waals surface area (Å²) in [5, 5.41) is 0. The second kappa shape index (κ2) is 29.7. The minimum absolute atomic E-state index is 1.25. The van der Waals surface area contributed by atoms with E-state index >= 15 is 0 Å². The fourth-order valence-electron chi connectivity index (χ4n) is 0.663. The molecule has 0 N–H and O–H groups in total. The first-order chi connectivity index (χ1) is 8.63. The monoisotopic (exact) mass is 252 g/mol. The summed E-state index contributed by atoms with van der Waals surface area (Å²) in [5.41, 5.74) is 2.74. The molecule has 0 heterocycles. The molecule has 1 aromatic rings. The molecule has 0 nitrogen and oxygen atoms in total. The second-order valence-electron chi connectivity index (χ2n) is 3.20. The number of aryl methyl sites for hydroxylation is 2. The van der Waals surface area contributed by atoms with Gasteiger partial charge in [-0.2, -0.15) is 0 Å². The summed E-state index contributed by atoms with van der Waals surface area (Å²) in [6.45, 7) is 21.7. The van der Waals surface area contributed by atoms with Gasteiger partial charge in [-0.05, 0) is 31.9 Å². The highest BCUT2D eigenvalue weighted by Crippen LogP contribution is 2.02. The first-order valence-electron chi connectivity index (χ1n) is 7.23. The molecule has 0 saturated carbocycles. The molecular formula is C18H36. The van der Waals surface area contributed by atoms with Crippen LogP contribution < -0.4 is 0 Å². The van der Waals surface area contributed by atoms with E-state index in [9.17, 15) is 0 Å². The van der Waals surface area contributed by atoms with Crippen LogP contribution in [0.5, 0.6) is 0 Å². The van der Waals surface area contributed by atoms with Crippen molar-refractivity contribution >= 4 is 0 Å². The van der Waals surface area contributed by atoms with E-state index in [0.717, 1.165) is 0 Å². The highest BCUT2D eigenvalue weighted by molar-refractivity contribution is 5.23. The molecule has 0 fully saturated rings. The summed E-state index contributed by atoms with van der Waals surface area (Å²) >= 11 is 0. The van der Waals surface area contributed by atoms with Crippen LogP contribution in [0.4, 0.5) is 0 Å². The van der Waals surface area contributed by atoms with Crippen molar-refractivity contribution in [2.75, 3.05) is 0 Å². The number of rotatable bonds is 0. The third-order valence-electron chi connectivity index (χ3n) is 1.43. The van der Waals surface area contributed by atoms with Crippen LogP contribution in [0.3, 0.4) is 0 Å². The van der Waals surface area contributed by atoms with Gasteiger partial charge in [0.1, 0.15) is 0 Å². The van der Waals surface area contributed by atoms with Crippen LogP contribution in [0.1, 0.15) is 66.0 Å². The smallest absolute Gasteiger partial charge is 0.0395 e. The van der Waals surface area contributed by atoms with Gasteiger partial charge in [0.05, 0.1) is 0 Å². The number of hydrogen-bond donors (Lipinski definition) is 0. The van der Waals surface area contributed by atoms with Gasteiger partial charge in [-0.1, -0.05) is 78.3 Å². The molecule has 0 aliphatic heterocycles. The van der Waals surface area contributed by atoms with E-state index < -0.39 is 0 Å². The molecule has 0 saturated heterocycles. The Bertz CT molecular complexity index is 202. The largest absolute Gasteiger partial charge is 0.103 e. The van der Waals surface area contributed by atoms with Gasteiger partial charge >= 0.3 is 0 Å². The lowest BCUT2D eigenvalue weighted by Crippen LogP contribution is -1.74. The van der Waals surface area contributed by atoms with Gasteiger partial charge in [0.15, 0.2) is 0 Å². The van der Waals surface area contributed by atoms with Crippen LogP contribution in [0.15, 0.2) is 36.9 Å². The minimum Gasteiger partial charge on any atom is -0.103 e. The Labute approximate surface area is 117 Å². The Balaban J connectivity index is -0.0000000834. The van der Waals surface area contributed by atoms with E-state index in [-0.39, 0.29) is 0 Å². The van der Waals surface area contributed by atoms with E-state index in [2.05, 4.69) is 58.5 Å². The summed E-state index contributed by atoms with van der Waals surface area (Å²) in [4.78, 5) is 0. The van der Waals surface area contributed by atoms with E-state index in [1.807, 2.05) is 34.6 Å². The molecule has 0 spiro atoms. The van der Waals surface area contributed by atoms with Crippen LogP contribution in [-0.4, -0.2) is 0 Å². The average Bonchev–Trinajstić information content (AvgIpc) is 2.40. The highest BCUT2D eigenvalue weighted by atomic mass is 13.9. The molecule has 0 radical (unpaired) electrons. The summed E-state index contributed by atoms with van der Waals surface area (Å²) in [5.74, 6) is 0. The Morgan fingerprint density at radius 1 is 0.889 bits per heavy atom. The van der Waals surface area contributed by atoms with Gasteiger partial charge in [-0.15, -0.1) is 6.58 Å². The van der Waals surface area contributed by atoms with Crippen LogP contribution in [0, 0.1) is 13.8 Å². The molecule has 0 unspecified atom stereocenters. The quantitative estimate of drug-likeness (QED) is 0.438. The van der Waals surface area contributed by atoms with Gasteiger partial charge < -0.3 is 0 Å². The Hall–Kier alpha value is -1.04. The average molecular weight is 252 g/mol. The topological polar surface area (TPSA) is 0 Å². The van der Waals surface area contributed by atoms with Crippen LogP contribution in [0.2, 0.25) is 0 Å². The van der Waals surface area contributed by atoms with Crippen LogP contribution in [0.25, 0.3) is 0 Å². The van der Waals surface area contributed by atoms with Crippen LogP contribution in [-0.2, 0) is 0 Å². The van der Waals surface area contributed by atoms with Crippen molar-refractivity contribution in [3.05, 3.63) is 48.0 Å². The van der Waals surface area contributed by atoms with Crippen molar-refractivity contribution in [2.24, 2.45) is 0 Å². The van der Waals surface area contributed by atoms with Gasteiger partial charge in [0.2, 0.25) is 0 Å². The maximum absolute atomic E-state index is 3.36. The fraction of sp³-hybridized carbons (Fsp3) is 0.556. The molecule has 0 aromatic heterocycles. The Morgan fingerprint density at radius 3 is 1.17 bits per heavy atom. The SMILES string of the molecule is C=CC.CC.CC.CCC.Cc1ccccc1C. The lowest BCUT2D eigenvalue weighted by Gasteiger charge is -1.93. The van der Waals surface area contributed by atoms with E-state index in [1.54, 1.807) is 6.08 Å². The molecule has 0 aliphatic carbocycles. The molecular weight excluding hydrogens is 216 g/mol. The zero-order chi connectivity index (χ0) is 15.4. The molecule has 0 heteroatoms. The molecule has 0 bridgehead atoms. The molecule has 0 amide bonds. The third kappa shape index (κ3) is 29.4. The van der Waals surface area contributed by atoms with Gasteiger partial charge in [0, 0.05) is 0 Å². The Morgan fingerprint density at radius 2 is 1.06 bits per heavy atom. The van der Waals surface area contributed by atoms with Crippen molar-refractivity contribution in [3.63, 3.8) is 0 Å². The maximum atomic E-state index is 3.36. The lowest BCUT2D eigenvalue weighted by molar-refractivity contribution is 1.09. The van der Waals surface area contributed by atoms with Gasteiger partial charge in [-0.3, -0.25) is 0 Å². The minimum atomic E-state index is 1.25. The predicted molar refractivity (Wildman–Crippen MR) is 90.4 cm³/mol. The van der Waals surface area contributed by atoms with E-state index in [4.69, 9.17) is 0 Å². The standard InChI is InChI=1S/C8H10.C3H8.C3H6.2C2H6/c1-7-5-3-4-6-8(7)2;2*1-3-2;2*1-2/h3-6H,1-2H3;3H2,1-2H3;3H,1H2,2H3;2*1-2H3. The predicted octanol–water partition coefficient (Wildman–Crippen LogP) is 6.96.